The van der Waals surface area contributed by atoms with Crippen LogP contribution >= 0.6 is 0 Å². The van der Waals surface area contributed by atoms with Gasteiger partial charge in [-0.1, -0.05) is 5.16 Å². The highest BCUT2D eigenvalue weighted by Crippen LogP contribution is 2.27. The second kappa shape index (κ2) is 5.36. The van der Waals surface area contributed by atoms with Gasteiger partial charge in [-0.05, 0) is 37.1 Å². The lowest BCUT2D eigenvalue weighted by molar-refractivity contribution is 0.0793. The van der Waals surface area contributed by atoms with Gasteiger partial charge in [0.15, 0.2) is 5.76 Å². The zero-order chi connectivity index (χ0) is 13.9. The molecule has 1 aliphatic rings. The number of methoxy groups -OCH3 is 1. The fourth-order valence-electron chi connectivity index (χ4n) is 2.43. The monoisotopic (exact) mass is 272 g/mol. The van der Waals surface area contributed by atoms with E-state index < -0.39 is 0 Å². The van der Waals surface area contributed by atoms with Crippen molar-refractivity contribution < 1.29 is 14.1 Å². The van der Waals surface area contributed by atoms with Gasteiger partial charge in [0.1, 0.15) is 11.3 Å². The predicted molar refractivity (Wildman–Crippen MR) is 73.6 cm³/mol. The van der Waals surface area contributed by atoms with Crippen molar-refractivity contribution in [2.75, 3.05) is 20.2 Å². The molecule has 1 aliphatic heterocycles. The number of benzene rings is 1. The van der Waals surface area contributed by atoms with Gasteiger partial charge in [0, 0.05) is 18.7 Å². The first-order valence-corrected chi connectivity index (χ1v) is 6.68. The first kappa shape index (κ1) is 12.7. The molecule has 5 heteroatoms. The molecule has 0 spiro atoms. The number of nitrogens with zero attached hydrogens (tertiary/aromatic N) is 2. The minimum Gasteiger partial charge on any atom is -0.497 e. The molecule has 0 aliphatic carbocycles. The van der Waals surface area contributed by atoms with Crippen LogP contribution in [0.1, 0.15) is 23.2 Å². The van der Waals surface area contributed by atoms with Crippen molar-refractivity contribution >= 4 is 5.91 Å². The summed E-state index contributed by atoms with van der Waals surface area (Å²) in [6.45, 7) is 1.62. The summed E-state index contributed by atoms with van der Waals surface area (Å²) < 4.78 is 10.4. The minimum absolute atomic E-state index is 0.00503. The summed E-state index contributed by atoms with van der Waals surface area (Å²) in [6, 6.07) is 7.39. The summed E-state index contributed by atoms with van der Waals surface area (Å²) in [5.41, 5.74) is 1.35. The van der Waals surface area contributed by atoms with E-state index in [4.69, 9.17) is 9.26 Å². The molecule has 0 bridgehead atoms. The summed E-state index contributed by atoms with van der Waals surface area (Å²) >= 11 is 0. The van der Waals surface area contributed by atoms with Crippen molar-refractivity contribution in [2.24, 2.45) is 0 Å². The maximum absolute atomic E-state index is 12.4. The maximum Gasteiger partial charge on any atom is 0.259 e. The maximum atomic E-state index is 12.4. The molecule has 0 unspecified atom stereocenters. The number of hydrogen-bond donors (Lipinski definition) is 0. The molecule has 1 aromatic heterocycles. The fourth-order valence-corrected chi connectivity index (χ4v) is 2.43. The number of carbonyl (C=O) groups excluding carboxylic acids is 1. The number of hydrogen-bond acceptors (Lipinski definition) is 4. The number of amides is 1. The van der Waals surface area contributed by atoms with Crippen molar-refractivity contribution in [3.8, 4) is 17.1 Å². The van der Waals surface area contributed by atoms with Gasteiger partial charge in [-0.2, -0.15) is 0 Å². The molecule has 104 valence electrons. The van der Waals surface area contributed by atoms with Crippen LogP contribution < -0.4 is 4.74 Å². The number of likely N-dealkylation sites (tertiary alicyclic amines) is 1. The Morgan fingerprint density at radius 1 is 1.25 bits per heavy atom. The van der Waals surface area contributed by atoms with Gasteiger partial charge in [0.25, 0.3) is 5.91 Å². The summed E-state index contributed by atoms with van der Waals surface area (Å²) in [4.78, 5) is 14.3. The first-order valence-electron chi connectivity index (χ1n) is 6.68. The van der Waals surface area contributed by atoms with Gasteiger partial charge in [0.05, 0.1) is 13.3 Å². The number of rotatable bonds is 3. The quantitative estimate of drug-likeness (QED) is 0.861. The number of ether oxygens (including phenoxy) is 1. The Bertz CT molecular complexity index is 598. The predicted octanol–water partition coefficient (Wildman–Crippen LogP) is 2.59. The molecule has 1 aromatic carbocycles. The van der Waals surface area contributed by atoms with Gasteiger partial charge < -0.3 is 14.2 Å². The van der Waals surface area contributed by atoms with E-state index in [-0.39, 0.29) is 5.91 Å². The van der Waals surface area contributed by atoms with E-state index in [1.165, 1.54) is 6.20 Å². The molecular formula is C15H16N2O3. The minimum atomic E-state index is -0.00503. The smallest absolute Gasteiger partial charge is 0.259 e. The first-order chi connectivity index (χ1) is 9.79. The van der Waals surface area contributed by atoms with Crippen LogP contribution in [0.2, 0.25) is 0 Å². The Kier molecular flexibility index (Phi) is 3.41. The van der Waals surface area contributed by atoms with E-state index in [1.54, 1.807) is 7.11 Å². The third-order valence-electron chi connectivity index (χ3n) is 3.55. The summed E-state index contributed by atoms with van der Waals surface area (Å²) in [6.07, 6.45) is 3.63. The van der Waals surface area contributed by atoms with E-state index in [0.717, 1.165) is 37.2 Å². The molecule has 0 saturated carbocycles. The van der Waals surface area contributed by atoms with E-state index in [9.17, 15) is 4.79 Å². The molecule has 5 nitrogen and oxygen atoms in total. The van der Waals surface area contributed by atoms with Crippen molar-refractivity contribution in [1.29, 1.82) is 0 Å². The van der Waals surface area contributed by atoms with Gasteiger partial charge >= 0.3 is 0 Å². The highest BCUT2D eigenvalue weighted by Gasteiger charge is 2.25. The summed E-state index contributed by atoms with van der Waals surface area (Å²) in [5, 5.41) is 3.78. The Morgan fingerprint density at radius 2 is 1.95 bits per heavy atom. The molecule has 1 amide bonds. The lowest BCUT2D eigenvalue weighted by Gasteiger charge is -2.14. The van der Waals surface area contributed by atoms with E-state index >= 15 is 0 Å². The normalized spacial score (nSPS) is 14.6. The highest BCUT2D eigenvalue weighted by molar-refractivity contribution is 5.99. The lowest BCUT2D eigenvalue weighted by Crippen LogP contribution is -2.27. The van der Waals surface area contributed by atoms with Crippen molar-refractivity contribution in [1.82, 2.24) is 10.1 Å². The molecule has 2 aromatic rings. The van der Waals surface area contributed by atoms with Crippen LogP contribution in [-0.2, 0) is 0 Å². The average Bonchev–Trinajstić information content (AvgIpc) is 3.18. The third-order valence-corrected chi connectivity index (χ3v) is 3.55. The molecule has 3 rings (SSSR count). The number of carbonyl (C=O) groups is 1. The van der Waals surface area contributed by atoms with Gasteiger partial charge in [0.2, 0.25) is 0 Å². The van der Waals surface area contributed by atoms with Gasteiger partial charge in [-0.3, -0.25) is 4.79 Å². The van der Waals surface area contributed by atoms with Crippen LogP contribution in [0.25, 0.3) is 11.3 Å². The van der Waals surface area contributed by atoms with Gasteiger partial charge in [-0.25, -0.2) is 0 Å². The Balaban J connectivity index is 1.90. The summed E-state index contributed by atoms with van der Waals surface area (Å²) in [7, 11) is 1.62. The van der Waals surface area contributed by atoms with Crippen LogP contribution in [0.5, 0.6) is 5.75 Å². The Hall–Kier alpha value is -2.30. The second-order valence-electron chi connectivity index (χ2n) is 4.80. The van der Waals surface area contributed by atoms with Crippen LogP contribution in [0.3, 0.4) is 0 Å². The second-order valence-corrected chi connectivity index (χ2v) is 4.80. The number of aromatic nitrogens is 1. The molecule has 1 saturated heterocycles. The van der Waals surface area contributed by atoms with Crippen molar-refractivity contribution in [2.45, 2.75) is 12.8 Å². The topological polar surface area (TPSA) is 55.6 Å². The summed E-state index contributed by atoms with van der Waals surface area (Å²) in [5.74, 6) is 1.28. The van der Waals surface area contributed by atoms with Crippen LogP contribution in [-0.4, -0.2) is 36.2 Å². The molecule has 0 atom stereocenters. The van der Waals surface area contributed by atoms with Crippen molar-refractivity contribution in [3.05, 3.63) is 36.0 Å². The zero-order valence-corrected chi connectivity index (χ0v) is 11.3. The fraction of sp³-hybridized carbons (Fsp3) is 0.333. The van der Waals surface area contributed by atoms with E-state index in [2.05, 4.69) is 5.16 Å². The standard InChI is InChI=1S/C15H16N2O3/c1-19-12-6-4-11(5-7-12)14-13(10-16-20-14)15(18)17-8-2-3-9-17/h4-7,10H,2-3,8-9H2,1H3. The van der Waals surface area contributed by atoms with Crippen LogP contribution in [0.4, 0.5) is 0 Å². The van der Waals surface area contributed by atoms with Crippen LogP contribution in [0, 0.1) is 0 Å². The largest absolute Gasteiger partial charge is 0.497 e. The molecule has 1 fully saturated rings. The molecule has 2 heterocycles. The van der Waals surface area contributed by atoms with E-state index in [0.29, 0.717) is 11.3 Å². The molecule has 20 heavy (non-hydrogen) atoms. The molecular weight excluding hydrogens is 256 g/mol. The zero-order valence-electron chi connectivity index (χ0n) is 11.3. The Labute approximate surface area is 117 Å². The average molecular weight is 272 g/mol. The molecule has 0 N–H and O–H groups in total. The lowest BCUT2D eigenvalue weighted by atomic mass is 10.1. The van der Waals surface area contributed by atoms with E-state index in [1.807, 2.05) is 29.2 Å². The SMILES string of the molecule is COc1ccc(-c2oncc2C(=O)N2CCCC2)cc1. The third kappa shape index (κ3) is 2.27. The van der Waals surface area contributed by atoms with Crippen molar-refractivity contribution in [3.63, 3.8) is 0 Å². The van der Waals surface area contributed by atoms with Crippen LogP contribution in [0.15, 0.2) is 35.0 Å². The highest BCUT2D eigenvalue weighted by atomic mass is 16.5. The molecule has 0 radical (unpaired) electrons. The van der Waals surface area contributed by atoms with Gasteiger partial charge in [-0.15, -0.1) is 0 Å². The Morgan fingerprint density at radius 3 is 2.60 bits per heavy atom.